The van der Waals surface area contributed by atoms with E-state index in [1.807, 2.05) is 22.6 Å². The number of hydrogen-bond acceptors (Lipinski definition) is 2. The second-order valence-corrected chi connectivity index (χ2v) is 4.84. The Morgan fingerprint density at radius 2 is 1.80 bits per heavy atom. The van der Waals surface area contributed by atoms with Crippen molar-refractivity contribution in [1.82, 2.24) is 10.6 Å². The van der Waals surface area contributed by atoms with Crippen molar-refractivity contribution in [2.45, 2.75) is 6.18 Å². The maximum absolute atomic E-state index is 11.8. The van der Waals surface area contributed by atoms with E-state index in [1.54, 1.807) is 29.6 Å². The average molecular weight is 401 g/mol. The predicted molar refractivity (Wildman–Crippen MR) is 75.2 cm³/mol. The smallest absolute Gasteiger partial charge is 0.345 e. The number of hydrogen-bond donors (Lipinski definition) is 3. The van der Waals surface area contributed by atoms with E-state index in [1.165, 1.54) is 0 Å². The molecule has 0 unspecified atom stereocenters. The van der Waals surface area contributed by atoms with Gasteiger partial charge in [-0.2, -0.15) is 13.2 Å². The van der Waals surface area contributed by atoms with E-state index in [9.17, 15) is 22.8 Å². The summed E-state index contributed by atoms with van der Waals surface area (Å²) < 4.78 is 36.3. The van der Waals surface area contributed by atoms with Crippen molar-refractivity contribution in [2.75, 3.05) is 18.4 Å². The molecule has 0 radical (unpaired) electrons. The van der Waals surface area contributed by atoms with Gasteiger partial charge in [-0.05, 0) is 34.7 Å². The second kappa shape index (κ2) is 7.31. The fraction of sp³-hybridized carbons (Fsp3) is 0.273. The molecule has 110 valence electrons. The van der Waals surface area contributed by atoms with Gasteiger partial charge in [0, 0.05) is 3.57 Å². The highest BCUT2D eigenvalue weighted by molar-refractivity contribution is 14.1. The molecular formula is C11H11F3IN3O2. The van der Waals surface area contributed by atoms with Crippen molar-refractivity contribution in [1.29, 1.82) is 0 Å². The van der Waals surface area contributed by atoms with Crippen LogP contribution in [0.3, 0.4) is 0 Å². The number of para-hydroxylation sites is 1. The predicted octanol–water partition coefficient (Wildman–Crippen LogP) is 2.09. The monoisotopic (exact) mass is 401 g/mol. The molecule has 5 nitrogen and oxygen atoms in total. The van der Waals surface area contributed by atoms with E-state index in [2.05, 4.69) is 10.6 Å². The van der Waals surface area contributed by atoms with Crippen molar-refractivity contribution in [3.63, 3.8) is 0 Å². The number of amides is 3. The van der Waals surface area contributed by atoms with E-state index in [-0.39, 0.29) is 0 Å². The van der Waals surface area contributed by atoms with Gasteiger partial charge < -0.3 is 16.0 Å². The van der Waals surface area contributed by atoms with Crippen LogP contribution in [0.1, 0.15) is 0 Å². The quantitative estimate of drug-likeness (QED) is 0.677. The fourth-order valence-electron chi connectivity index (χ4n) is 1.15. The molecule has 1 aromatic carbocycles. The molecule has 0 heterocycles. The van der Waals surface area contributed by atoms with Crippen LogP contribution < -0.4 is 16.0 Å². The highest BCUT2D eigenvalue weighted by Gasteiger charge is 2.27. The summed E-state index contributed by atoms with van der Waals surface area (Å²) in [5.74, 6) is -0.916. The molecule has 0 fully saturated rings. The lowest BCUT2D eigenvalue weighted by Crippen LogP contribution is -2.42. The van der Waals surface area contributed by atoms with Crippen LogP contribution in [0.2, 0.25) is 0 Å². The van der Waals surface area contributed by atoms with Gasteiger partial charge >= 0.3 is 12.2 Å². The summed E-state index contributed by atoms with van der Waals surface area (Å²) in [4.78, 5) is 22.5. The molecule has 3 amide bonds. The number of urea groups is 1. The van der Waals surface area contributed by atoms with Gasteiger partial charge in [0.1, 0.15) is 6.54 Å². The number of alkyl halides is 3. The average Bonchev–Trinajstić information content (AvgIpc) is 2.36. The summed E-state index contributed by atoms with van der Waals surface area (Å²) in [5.41, 5.74) is 0.543. The van der Waals surface area contributed by atoms with Gasteiger partial charge in [-0.25, -0.2) is 4.79 Å². The molecule has 9 heteroatoms. The van der Waals surface area contributed by atoms with Crippen LogP contribution in [-0.2, 0) is 4.79 Å². The minimum absolute atomic E-state index is 0.536. The number of benzene rings is 1. The number of nitrogens with one attached hydrogen (secondary N) is 3. The van der Waals surface area contributed by atoms with Crippen LogP contribution in [0.4, 0.5) is 23.7 Å². The van der Waals surface area contributed by atoms with Gasteiger partial charge in [-0.15, -0.1) is 0 Å². The van der Waals surface area contributed by atoms with Crippen molar-refractivity contribution < 1.29 is 22.8 Å². The molecule has 0 atom stereocenters. The van der Waals surface area contributed by atoms with Gasteiger partial charge in [0.2, 0.25) is 5.91 Å². The molecular weight excluding hydrogens is 390 g/mol. The Morgan fingerprint density at radius 3 is 2.40 bits per heavy atom. The Bertz CT molecular complexity index is 494. The third-order valence-corrected chi connectivity index (χ3v) is 2.96. The lowest BCUT2D eigenvalue weighted by molar-refractivity contribution is -0.137. The SMILES string of the molecule is O=C(CNC(=O)Nc1ccccc1I)NCC(F)(F)F. The van der Waals surface area contributed by atoms with Crippen LogP contribution >= 0.6 is 22.6 Å². The van der Waals surface area contributed by atoms with Crippen molar-refractivity contribution in [2.24, 2.45) is 0 Å². The minimum Gasteiger partial charge on any atom is -0.345 e. The molecule has 0 aromatic heterocycles. The molecule has 0 spiro atoms. The van der Waals surface area contributed by atoms with E-state index in [0.717, 1.165) is 3.57 Å². The van der Waals surface area contributed by atoms with Gasteiger partial charge in [0.15, 0.2) is 0 Å². The summed E-state index contributed by atoms with van der Waals surface area (Å²) >= 11 is 2.01. The first-order valence-corrected chi connectivity index (χ1v) is 6.48. The van der Waals surface area contributed by atoms with E-state index < -0.39 is 31.2 Å². The lowest BCUT2D eigenvalue weighted by Gasteiger charge is -2.10. The van der Waals surface area contributed by atoms with Crippen molar-refractivity contribution in [3.8, 4) is 0 Å². The maximum atomic E-state index is 11.8. The summed E-state index contributed by atoms with van der Waals surface area (Å²) in [6.45, 7) is -1.96. The molecule has 3 N–H and O–H groups in total. The van der Waals surface area contributed by atoms with Crippen LogP contribution in [0.5, 0.6) is 0 Å². The zero-order valence-corrected chi connectivity index (χ0v) is 12.2. The number of carbonyl (C=O) groups excluding carboxylic acids is 2. The first-order chi connectivity index (χ1) is 9.28. The third-order valence-electron chi connectivity index (χ3n) is 2.02. The Labute approximate surface area is 126 Å². The van der Waals surface area contributed by atoms with E-state index >= 15 is 0 Å². The number of carbonyl (C=O) groups is 2. The van der Waals surface area contributed by atoms with Crippen LogP contribution in [0.25, 0.3) is 0 Å². The first-order valence-electron chi connectivity index (χ1n) is 5.41. The fourth-order valence-corrected chi connectivity index (χ4v) is 1.67. The maximum Gasteiger partial charge on any atom is 0.405 e. The number of anilines is 1. The van der Waals surface area contributed by atoms with E-state index in [0.29, 0.717) is 5.69 Å². The lowest BCUT2D eigenvalue weighted by atomic mass is 10.3. The van der Waals surface area contributed by atoms with Crippen molar-refractivity contribution in [3.05, 3.63) is 27.8 Å². The Hall–Kier alpha value is -1.52. The normalized spacial score (nSPS) is 10.8. The summed E-state index contributed by atoms with van der Waals surface area (Å²) in [6.07, 6.45) is -4.47. The Morgan fingerprint density at radius 1 is 1.15 bits per heavy atom. The highest BCUT2D eigenvalue weighted by Crippen LogP contribution is 2.16. The molecule has 0 bridgehead atoms. The number of rotatable bonds is 4. The molecule has 1 aromatic rings. The summed E-state index contributed by atoms with van der Waals surface area (Å²) in [5, 5.41) is 6.29. The number of halogens is 4. The largest absolute Gasteiger partial charge is 0.405 e. The molecule has 20 heavy (non-hydrogen) atoms. The van der Waals surface area contributed by atoms with Gasteiger partial charge in [0.05, 0.1) is 12.2 Å². The topological polar surface area (TPSA) is 70.2 Å². The van der Waals surface area contributed by atoms with E-state index in [4.69, 9.17) is 0 Å². The standard InChI is InChI=1S/C11H11F3IN3O2/c12-11(13,14)6-17-9(19)5-16-10(20)18-8-4-2-1-3-7(8)15/h1-4H,5-6H2,(H,17,19)(H2,16,18,20). The third kappa shape index (κ3) is 6.59. The summed E-state index contributed by atoms with van der Waals surface area (Å²) in [6, 6.07) is 6.26. The van der Waals surface area contributed by atoms with Crippen LogP contribution in [-0.4, -0.2) is 31.2 Å². The molecule has 0 aliphatic heterocycles. The van der Waals surface area contributed by atoms with Crippen molar-refractivity contribution >= 4 is 40.2 Å². The molecule has 0 aliphatic carbocycles. The van der Waals surface area contributed by atoms with Gasteiger partial charge in [-0.1, -0.05) is 12.1 Å². The zero-order chi connectivity index (χ0) is 15.2. The van der Waals surface area contributed by atoms with Gasteiger partial charge in [0.25, 0.3) is 0 Å². The Kier molecular flexibility index (Phi) is 6.05. The summed E-state index contributed by atoms with van der Waals surface area (Å²) in [7, 11) is 0. The minimum atomic E-state index is -4.47. The van der Waals surface area contributed by atoms with Gasteiger partial charge in [-0.3, -0.25) is 4.79 Å². The van der Waals surface area contributed by atoms with Crippen LogP contribution in [0.15, 0.2) is 24.3 Å². The Balaban J connectivity index is 2.33. The second-order valence-electron chi connectivity index (χ2n) is 3.68. The molecule has 0 saturated heterocycles. The first kappa shape index (κ1) is 16.5. The zero-order valence-electron chi connectivity index (χ0n) is 10.1. The molecule has 0 saturated carbocycles. The highest BCUT2D eigenvalue weighted by atomic mass is 127. The molecule has 0 aliphatic rings. The van der Waals surface area contributed by atoms with Crippen LogP contribution in [0, 0.1) is 3.57 Å². The molecule has 1 rings (SSSR count).